The van der Waals surface area contributed by atoms with Crippen LogP contribution in [0.1, 0.15) is 140 Å². The van der Waals surface area contributed by atoms with Crippen molar-refractivity contribution in [2.45, 2.75) is 79.1 Å². The Morgan fingerprint density at radius 3 is 0.895 bits per heavy atom. The molecule has 9 rings (SSSR count). The van der Waals surface area contributed by atoms with Gasteiger partial charge in [0.1, 0.15) is 57.5 Å². The van der Waals surface area contributed by atoms with Crippen LogP contribution in [-0.2, 0) is 0 Å². The molecule has 8 aromatic rings. The number of phenols is 8. The summed E-state index contributed by atoms with van der Waals surface area (Å²) in [5, 5.41) is 94.4. The highest BCUT2D eigenvalue weighted by atomic mass is 16.5. The van der Waals surface area contributed by atoms with E-state index < -0.39 is 23.7 Å². The summed E-state index contributed by atoms with van der Waals surface area (Å²) in [6, 6.07) is 34.6. The Hall–Kier alpha value is -8.64. The maximum absolute atomic E-state index is 12.7. The van der Waals surface area contributed by atoms with E-state index in [-0.39, 0.29) is 78.2 Å². The fourth-order valence-corrected chi connectivity index (χ4v) is 11.0. The minimum absolute atomic E-state index is 0.0565. The van der Waals surface area contributed by atoms with Crippen molar-refractivity contribution >= 4 is 0 Å². The zero-order valence-corrected chi connectivity index (χ0v) is 43.9. The van der Waals surface area contributed by atoms with Gasteiger partial charge in [0.15, 0.2) is 11.5 Å². The Kier molecular flexibility index (Phi) is 14.6. The van der Waals surface area contributed by atoms with E-state index >= 15 is 0 Å². The monoisotopic (exact) mass is 1020 g/mol. The first-order valence-electron chi connectivity index (χ1n) is 25.6. The lowest BCUT2D eigenvalue weighted by molar-refractivity contribution is 0.317. The van der Waals surface area contributed by atoms with Gasteiger partial charge in [0.2, 0.25) is 0 Å². The summed E-state index contributed by atoms with van der Waals surface area (Å²) in [7, 11) is 0. The molecule has 12 nitrogen and oxygen atoms in total. The first kappa shape index (κ1) is 52.2. The van der Waals surface area contributed by atoms with Gasteiger partial charge < -0.3 is 59.8 Å². The second-order valence-corrected chi connectivity index (χ2v) is 19.4. The van der Waals surface area contributed by atoms with E-state index in [0.29, 0.717) is 106 Å². The molecule has 12 heteroatoms. The van der Waals surface area contributed by atoms with E-state index in [9.17, 15) is 40.9 Å². The van der Waals surface area contributed by atoms with Gasteiger partial charge in [-0.05, 0) is 166 Å². The maximum Gasteiger partial charge on any atom is 0.161 e. The zero-order chi connectivity index (χ0) is 54.3. The molecule has 8 aromatic carbocycles. The van der Waals surface area contributed by atoms with Crippen LogP contribution in [0.5, 0.6) is 69.0 Å². The van der Waals surface area contributed by atoms with Crippen molar-refractivity contribution in [1.29, 1.82) is 0 Å². The van der Waals surface area contributed by atoms with Crippen molar-refractivity contribution in [2.75, 3.05) is 26.4 Å². The van der Waals surface area contributed by atoms with Gasteiger partial charge in [0.25, 0.3) is 0 Å². The highest BCUT2D eigenvalue weighted by Gasteiger charge is 2.36. The van der Waals surface area contributed by atoms with Crippen molar-refractivity contribution in [3.8, 4) is 69.0 Å². The Morgan fingerprint density at radius 2 is 0.539 bits per heavy atom. The molecule has 76 heavy (non-hydrogen) atoms. The smallest absolute Gasteiger partial charge is 0.161 e. The van der Waals surface area contributed by atoms with Gasteiger partial charge in [-0.25, -0.2) is 0 Å². The topological polar surface area (TPSA) is 199 Å². The molecule has 0 aliphatic heterocycles. The van der Waals surface area contributed by atoms with Crippen molar-refractivity contribution < 1.29 is 59.8 Å². The molecule has 0 saturated carbocycles. The molecule has 8 N–H and O–H groups in total. The number of hydrogen-bond acceptors (Lipinski definition) is 12. The predicted molar refractivity (Wildman–Crippen MR) is 292 cm³/mol. The third kappa shape index (κ3) is 9.67. The summed E-state index contributed by atoms with van der Waals surface area (Å²) in [6.07, 6.45) is 0. The summed E-state index contributed by atoms with van der Waals surface area (Å²) in [5.74, 6) is -2.73. The Bertz CT molecular complexity index is 3510. The lowest BCUT2D eigenvalue weighted by atomic mass is 9.74. The molecular weight excluding hydrogens is 961 g/mol. The van der Waals surface area contributed by atoms with Crippen molar-refractivity contribution in [2.24, 2.45) is 0 Å². The molecule has 0 aromatic heterocycles. The van der Waals surface area contributed by atoms with E-state index in [4.69, 9.17) is 18.9 Å². The normalized spacial score (nSPS) is 16.0. The van der Waals surface area contributed by atoms with Gasteiger partial charge in [-0.15, -0.1) is 0 Å². The van der Waals surface area contributed by atoms with Gasteiger partial charge in [-0.3, -0.25) is 0 Å². The van der Waals surface area contributed by atoms with Crippen LogP contribution in [0.15, 0.2) is 121 Å². The van der Waals surface area contributed by atoms with E-state index in [1.54, 1.807) is 87.5 Å². The second-order valence-electron chi connectivity index (χ2n) is 19.4. The number of phenolic OH excluding ortho intramolecular Hbond substituents is 8. The molecule has 4 atom stereocenters. The zero-order valence-electron chi connectivity index (χ0n) is 43.9. The van der Waals surface area contributed by atoms with Crippen LogP contribution in [-0.4, -0.2) is 67.3 Å². The molecule has 0 fully saturated rings. The number of hydrogen-bond donors (Lipinski definition) is 8. The molecule has 0 spiro atoms. The van der Waals surface area contributed by atoms with Gasteiger partial charge >= 0.3 is 0 Å². The van der Waals surface area contributed by atoms with Gasteiger partial charge in [-0.1, -0.05) is 42.5 Å². The Morgan fingerprint density at radius 1 is 0.263 bits per heavy atom. The molecule has 0 heterocycles. The number of benzene rings is 8. The van der Waals surface area contributed by atoms with Gasteiger partial charge in [0.05, 0.1) is 26.4 Å². The SMILES string of the molecule is CCOc1cc(C2c3cc(c(OCC)cc3O)C(c3ccc(O)c(C)c3)c3cc(c(O)cc3OCC)C(c3ccc(O)c(C)c3)c3cc(c(C)cc3O)C(c3ccc(O)c(C)c3)c3cc2c(OCC)cc3O)ccc1O. The fraction of sp³-hybridized carbons (Fsp3) is 0.250. The lowest BCUT2D eigenvalue weighted by Crippen LogP contribution is -2.15. The highest BCUT2D eigenvalue weighted by molar-refractivity contribution is 5.68. The Labute approximate surface area is 442 Å². The number of aryl methyl sites for hydroxylation is 4. The molecule has 1 aliphatic carbocycles. The van der Waals surface area contributed by atoms with E-state index in [1.807, 2.05) is 83.1 Å². The van der Waals surface area contributed by atoms with E-state index in [1.165, 1.54) is 6.07 Å². The lowest BCUT2D eigenvalue weighted by Gasteiger charge is -2.31. The number of aromatic hydroxyl groups is 8. The third-order valence-electron chi connectivity index (χ3n) is 14.6. The summed E-state index contributed by atoms with van der Waals surface area (Å²) >= 11 is 0. The fourth-order valence-electron chi connectivity index (χ4n) is 11.0. The van der Waals surface area contributed by atoms with Gasteiger partial charge in [-0.2, -0.15) is 0 Å². The second kappa shape index (κ2) is 21.3. The van der Waals surface area contributed by atoms with Crippen LogP contribution >= 0.6 is 0 Å². The van der Waals surface area contributed by atoms with Crippen molar-refractivity contribution in [3.05, 3.63) is 210 Å². The van der Waals surface area contributed by atoms with E-state index in [0.717, 1.165) is 0 Å². The minimum Gasteiger partial charge on any atom is -0.508 e. The first-order chi connectivity index (χ1) is 36.5. The van der Waals surface area contributed by atoms with Crippen LogP contribution < -0.4 is 18.9 Å². The first-order valence-corrected chi connectivity index (χ1v) is 25.6. The van der Waals surface area contributed by atoms with Crippen LogP contribution in [0.25, 0.3) is 0 Å². The van der Waals surface area contributed by atoms with Crippen molar-refractivity contribution in [3.63, 3.8) is 0 Å². The molecule has 0 radical (unpaired) electrons. The minimum atomic E-state index is -0.923. The van der Waals surface area contributed by atoms with Crippen LogP contribution in [0, 0.1) is 27.7 Å². The largest absolute Gasteiger partial charge is 0.508 e. The van der Waals surface area contributed by atoms with Gasteiger partial charge in [0, 0.05) is 80.8 Å². The molecule has 0 amide bonds. The molecular formula is C64H64O12. The third-order valence-corrected chi connectivity index (χ3v) is 14.6. The predicted octanol–water partition coefficient (Wildman–Crippen LogP) is 13.2. The number of rotatable bonds is 12. The molecule has 1 aliphatic rings. The van der Waals surface area contributed by atoms with E-state index in [2.05, 4.69) is 0 Å². The molecule has 4 unspecified atom stereocenters. The molecule has 8 bridgehead atoms. The van der Waals surface area contributed by atoms with Crippen molar-refractivity contribution in [1.82, 2.24) is 0 Å². The quantitative estimate of drug-likeness (QED) is 0.0577. The molecule has 392 valence electrons. The number of ether oxygens (including phenoxy) is 4. The summed E-state index contributed by atoms with van der Waals surface area (Å²) in [4.78, 5) is 0. The summed E-state index contributed by atoms with van der Waals surface area (Å²) < 4.78 is 25.5. The van der Waals surface area contributed by atoms with Crippen LogP contribution in [0.2, 0.25) is 0 Å². The average Bonchev–Trinajstić information content (AvgIpc) is 3.37. The Balaban J connectivity index is 1.54. The maximum atomic E-state index is 12.7. The highest BCUT2D eigenvalue weighted by Crippen LogP contribution is 2.54. The van der Waals surface area contributed by atoms with Crippen LogP contribution in [0.3, 0.4) is 0 Å². The summed E-state index contributed by atoms with van der Waals surface area (Å²) in [5.41, 5.74) is 8.79. The molecule has 0 saturated heterocycles. The summed E-state index contributed by atoms with van der Waals surface area (Å²) in [6.45, 7) is 15.4. The average molecular weight is 1030 g/mol. The number of fused-ring (bicyclic) bond motifs is 8. The standard InChI is InChI=1S/C64H64O12/c1-9-73-57-30-54(70)43-27-46(57)63(40-16-20-52(68)60(25-40)76-12-4)45-29-48(59(75-11-3)32-56(45)72)64(39-15-19-51(67)36(8)23-39)47-28-44(55(71)31-58(47)74-10-2)62(38-14-18-50(66)35(7)22-38)42-26-41(33(5)24-53(42)69)61(43)37-13-17-49(65)34(6)21-37/h13-32,61-72H,9-12H2,1-8H3. The van der Waals surface area contributed by atoms with Crippen LogP contribution in [0.4, 0.5) is 0 Å².